The third kappa shape index (κ3) is 3.59. The second-order valence-corrected chi connectivity index (χ2v) is 9.37. The van der Waals surface area contributed by atoms with Crippen molar-refractivity contribution >= 4 is 32.7 Å². The average molecular weight is 396 g/mol. The standard InChI is InChI=1S/C17H20N2O5S2/c1-4-7-19-12-9-26(21,22)10-15(12)25-17(19)18-16(20)11-5-6-13(23-2)14(8-11)24-3/h4-6,8,12,15H,1,7,9-10H2,2-3H3/t12-,15-/m0/s1. The molecule has 140 valence electrons. The van der Waals surface area contributed by atoms with Crippen molar-refractivity contribution in [1.29, 1.82) is 0 Å². The summed E-state index contributed by atoms with van der Waals surface area (Å²) in [6, 6.07) is 4.68. The molecule has 0 radical (unpaired) electrons. The van der Waals surface area contributed by atoms with Gasteiger partial charge in [-0.15, -0.1) is 6.58 Å². The largest absolute Gasteiger partial charge is 0.493 e. The molecule has 2 fully saturated rings. The molecule has 0 aromatic heterocycles. The number of amides is 1. The van der Waals surface area contributed by atoms with Crippen molar-refractivity contribution in [3.63, 3.8) is 0 Å². The van der Waals surface area contributed by atoms with Crippen molar-refractivity contribution < 1.29 is 22.7 Å². The van der Waals surface area contributed by atoms with Crippen LogP contribution in [0, 0.1) is 0 Å². The number of thioether (sulfide) groups is 1. The number of rotatable bonds is 5. The normalized spacial score (nSPS) is 25.2. The summed E-state index contributed by atoms with van der Waals surface area (Å²) in [6.45, 7) is 4.16. The molecular weight excluding hydrogens is 376 g/mol. The van der Waals surface area contributed by atoms with Gasteiger partial charge in [0.15, 0.2) is 26.5 Å². The molecule has 2 atom stereocenters. The minimum atomic E-state index is -3.04. The predicted octanol–water partition coefficient (Wildman–Crippen LogP) is 1.60. The van der Waals surface area contributed by atoms with Gasteiger partial charge in [0.2, 0.25) is 0 Å². The molecule has 0 bridgehead atoms. The Morgan fingerprint density at radius 2 is 2.08 bits per heavy atom. The maximum absolute atomic E-state index is 12.6. The summed E-state index contributed by atoms with van der Waals surface area (Å²) in [7, 11) is -0.0238. The van der Waals surface area contributed by atoms with Crippen LogP contribution in [0.4, 0.5) is 0 Å². The summed E-state index contributed by atoms with van der Waals surface area (Å²) in [4.78, 5) is 18.7. The fourth-order valence-corrected chi connectivity index (χ4v) is 7.07. The van der Waals surface area contributed by atoms with Gasteiger partial charge in [-0.05, 0) is 18.2 Å². The number of amidine groups is 1. The van der Waals surface area contributed by atoms with Crippen LogP contribution in [0.15, 0.2) is 35.8 Å². The van der Waals surface area contributed by atoms with E-state index < -0.39 is 15.7 Å². The van der Waals surface area contributed by atoms with Crippen molar-refractivity contribution in [3.05, 3.63) is 36.4 Å². The third-order valence-electron chi connectivity index (χ3n) is 4.33. The van der Waals surface area contributed by atoms with Crippen LogP contribution in [-0.2, 0) is 9.84 Å². The number of aliphatic imine (C=N–C) groups is 1. The van der Waals surface area contributed by atoms with Crippen LogP contribution < -0.4 is 9.47 Å². The number of hydrogen-bond donors (Lipinski definition) is 0. The van der Waals surface area contributed by atoms with Gasteiger partial charge in [0.25, 0.3) is 5.91 Å². The zero-order valence-corrected chi connectivity index (χ0v) is 16.2. The molecule has 26 heavy (non-hydrogen) atoms. The predicted molar refractivity (Wildman–Crippen MR) is 102 cm³/mol. The smallest absolute Gasteiger partial charge is 0.279 e. The topological polar surface area (TPSA) is 85.3 Å². The van der Waals surface area contributed by atoms with Gasteiger partial charge < -0.3 is 14.4 Å². The molecule has 7 nitrogen and oxygen atoms in total. The molecule has 3 rings (SSSR count). The minimum absolute atomic E-state index is 0.0854. The third-order valence-corrected chi connectivity index (χ3v) is 7.58. The van der Waals surface area contributed by atoms with E-state index in [1.807, 2.05) is 4.90 Å². The van der Waals surface area contributed by atoms with Gasteiger partial charge in [0, 0.05) is 17.4 Å². The first-order valence-electron chi connectivity index (χ1n) is 7.98. The van der Waals surface area contributed by atoms with E-state index in [2.05, 4.69) is 11.6 Å². The van der Waals surface area contributed by atoms with Crippen molar-refractivity contribution in [2.24, 2.45) is 4.99 Å². The lowest BCUT2D eigenvalue weighted by Crippen LogP contribution is -2.37. The van der Waals surface area contributed by atoms with E-state index in [4.69, 9.17) is 9.47 Å². The molecule has 0 saturated carbocycles. The number of carbonyl (C=O) groups excluding carboxylic acids is 1. The Morgan fingerprint density at radius 3 is 2.73 bits per heavy atom. The Bertz CT molecular complexity index is 866. The Balaban J connectivity index is 1.87. The first kappa shape index (κ1) is 18.8. The van der Waals surface area contributed by atoms with Gasteiger partial charge in [-0.1, -0.05) is 17.8 Å². The number of ether oxygens (including phenoxy) is 2. The molecule has 9 heteroatoms. The van der Waals surface area contributed by atoms with Crippen molar-refractivity contribution in [2.75, 3.05) is 32.3 Å². The molecule has 0 aliphatic carbocycles. The summed E-state index contributed by atoms with van der Waals surface area (Å²) in [5.74, 6) is 0.760. The van der Waals surface area contributed by atoms with E-state index in [-0.39, 0.29) is 22.8 Å². The van der Waals surface area contributed by atoms with E-state index in [0.717, 1.165) is 0 Å². The Hall–Kier alpha value is -2.00. The zero-order valence-electron chi connectivity index (χ0n) is 14.5. The van der Waals surface area contributed by atoms with E-state index in [9.17, 15) is 13.2 Å². The highest BCUT2D eigenvalue weighted by Gasteiger charge is 2.48. The number of sulfone groups is 1. The van der Waals surface area contributed by atoms with Crippen LogP contribution in [0.3, 0.4) is 0 Å². The molecule has 0 N–H and O–H groups in total. The van der Waals surface area contributed by atoms with Gasteiger partial charge in [0.1, 0.15) is 0 Å². The highest BCUT2D eigenvalue weighted by molar-refractivity contribution is 8.15. The number of carbonyl (C=O) groups is 1. The lowest BCUT2D eigenvalue weighted by molar-refractivity contribution is 0.100. The van der Waals surface area contributed by atoms with Crippen LogP contribution in [0.5, 0.6) is 11.5 Å². The van der Waals surface area contributed by atoms with Crippen LogP contribution in [0.1, 0.15) is 10.4 Å². The Morgan fingerprint density at radius 1 is 1.35 bits per heavy atom. The van der Waals surface area contributed by atoms with Gasteiger partial charge in [-0.25, -0.2) is 8.42 Å². The molecule has 1 aromatic rings. The lowest BCUT2D eigenvalue weighted by atomic mass is 10.2. The number of fused-ring (bicyclic) bond motifs is 1. The van der Waals surface area contributed by atoms with Crippen molar-refractivity contribution in [3.8, 4) is 11.5 Å². The van der Waals surface area contributed by atoms with Crippen LogP contribution in [0.2, 0.25) is 0 Å². The lowest BCUT2D eigenvalue weighted by Gasteiger charge is -2.22. The highest BCUT2D eigenvalue weighted by atomic mass is 32.2. The number of hydrogen-bond acceptors (Lipinski definition) is 6. The van der Waals surface area contributed by atoms with E-state index in [1.54, 1.807) is 24.3 Å². The molecule has 2 aliphatic rings. The number of benzene rings is 1. The van der Waals surface area contributed by atoms with Crippen molar-refractivity contribution in [1.82, 2.24) is 4.90 Å². The summed E-state index contributed by atoms with van der Waals surface area (Å²) in [5, 5.41) is 0.437. The fraction of sp³-hybridized carbons (Fsp3) is 0.412. The molecule has 1 aromatic carbocycles. The second kappa shape index (κ2) is 7.32. The highest BCUT2D eigenvalue weighted by Crippen LogP contribution is 2.38. The monoisotopic (exact) mass is 396 g/mol. The second-order valence-electron chi connectivity index (χ2n) is 6.01. The van der Waals surface area contributed by atoms with Crippen LogP contribution >= 0.6 is 11.8 Å². The zero-order chi connectivity index (χ0) is 18.9. The maximum atomic E-state index is 12.6. The van der Waals surface area contributed by atoms with Crippen LogP contribution in [-0.4, -0.2) is 68.0 Å². The number of methoxy groups -OCH3 is 2. The van der Waals surface area contributed by atoms with Gasteiger partial charge in [-0.2, -0.15) is 4.99 Å². The summed E-state index contributed by atoms with van der Waals surface area (Å²) >= 11 is 1.34. The summed E-state index contributed by atoms with van der Waals surface area (Å²) < 4.78 is 34.1. The first-order valence-corrected chi connectivity index (χ1v) is 10.7. The molecule has 2 heterocycles. The SMILES string of the molecule is C=CCN1C(=NC(=O)c2ccc(OC)c(OC)c2)S[C@H]2CS(=O)(=O)C[C@@H]21. The average Bonchev–Trinajstić information content (AvgIpc) is 3.06. The van der Waals surface area contributed by atoms with E-state index in [0.29, 0.717) is 28.8 Å². The minimum Gasteiger partial charge on any atom is -0.493 e. The fourth-order valence-electron chi connectivity index (χ4n) is 3.11. The van der Waals surface area contributed by atoms with Gasteiger partial charge in [0.05, 0.1) is 31.8 Å². The Kier molecular flexibility index (Phi) is 5.29. The molecule has 2 saturated heterocycles. The van der Waals surface area contributed by atoms with E-state index >= 15 is 0 Å². The molecule has 0 unspecified atom stereocenters. The quantitative estimate of drug-likeness (QED) is 0.699. The molecule has 0 spiro atoms. The Labute approximate surface area is 157 Å². The summed E-state index contributed by atoms with van der Waals surface area (Å²) in [5.41, 5.74) is 0.374. The number of nitrogens with zero attached hydrogens (tertiary/aromatic N) is 2. The maximum Gasteiger partial charge on any atom is 0.279 e. The van der Waals surface area contributed by atoms with E-state index in [1.165, 1.54) is 26.0 Å². The van der Waals surface area contributed by atoms with Crippen molar-refractivity contribution in [2.45, 2.75) is 11.3 Å². The van der Waals surface area contributed by atoms with Gasteiger partial charge in [-0.3, -0.25) is 4.79 Å². The first-order chi connectivity index (χ1) is 12.4. The summed E-state index contributed by atoms with van der Waals surface area (Å²) in [6.07, 6.45) is 1.68. The molecular formula is C17H20N2O5S2. The molecule has 1 amide bonds. The van der Waals surface area contributed by atoms with Gasteiger partial charge >= 0.3 is 0 Å². The van der Waals surface area contributed by atoms with Crippen LogP contribution in [0.25, 0.3) is 0 Å². The molecule has 2 aliphatic heterocycles.